The number of benzene rings is 3. The molecule has 6 nitrogen and oxygen atoms in total. The van der Waals surface area contributed by atoms with Gasteiger partial charge in [0.2, 0.25) is 0 Å². The number of ether oxygens (including phenoxy) is 1. The summed E-state index contributed by atoms with van der Waals surface area (Å²) < 4.78 is 32.9. The number of alkyl carbamates (subject to hydrolysis) is 1. The summed E-state index contributed by atoms with van der Waals surface area (Å²) in [6.45, 7) is 9.83. The zero-order chi connectivity index (χ0) is 27.9. The van der Waals surface area contributed by atoms with E-state index in [9.17, 15) is 9.18 Å². The molecule has 1 heterocycles. The van der Waals surface area contributed by atoms with Crippen LogP contribution in [0.3, 0.4) is 0 Å². The Bertz CT molecular complexity index is 1390. The highest BCUT2D eigenvalue weighted by Gasteiger charge is 2.52. The van der Waals surface area contributed by atoms with E-state index in [-0.39, 0.29) is 19.1 Å². The van der Waals surface area contributed by atoms with Crippen LogP contribution in [0.25, 0.3) is 17.2 Å². The lowest BCUT2D eigenvalue weighted by atomic mass is 9.77. The second kappa shape index (κ2) is 10.2. The summed E-state index contributed by atoms with van der Waals surface area (Å²) in [6, 6.07) is 19.3. The molecule has 0 spiro atoms. The van der Waals surface area contributed by atoms with E-state index in [2.05, 4.69) is 29.6 Å². The zero-order valence-corrected chi connectivity index (χ0v) is 23.0. The highest BCUT2D eigenvalue weighted by Crippen LogP contribution is 2.44. The molecule has 1 saturated heterocycles. The molecule has 1 aliphatic heterocycles. The Balaban J connectivity index is 1.33. The molecule has 39 heavy (non-hydrogen) atoms. The number of nitrogen functional groups attached to an aromatic ring is 1. The molecule has 0 bridgehead atoms. The molecule has 3 aromatic rings. The van der Waals surface area contributed by atoms with Crippen molar-refractivity contribution in [1.29, 1.82) is 0 Å². The molecular formula is C31H34BFN2O4. The van der Waals surface area contributed by atoms with Crippen molar-refractivity contribution in [3.05, 3.63) is 94.2 Å². The molecule has 202 valence electrons. The lowest BCUT2D eigenvalue weighted by Gasteiger charge is -2.32. The number of hydrogen-bond acceptors (Lipinski definition) is 5. The first-order valence-electron chi connectivity index (χ1n) is 13.2. The minimum absolute atomic E-state index is 0.0480. The number of carbonyl (C=O) groups excluding carboxylic acids is 1. The molecule has 8 heteroatoms. The summed E-state index contributed by atoms with van der Waals surface area (Å²) in [6.07, 6.45) is 1.07. The van der Waals surface area contributed by atoms with Crippen LogP contribution >= 0.6 is 0 Å². The van der Waals surface area contributed by atoms with Gasteiger partial charge in [-0.05, 0) is 80.0 Å². The second-order valence-electron chi connectivity index (χ2n) is 11.2. The number of amides is 1. The SMILES string of the molecule is Cc1cc(C=C(CNC(=O)OCC2c3ccccc3-c3ccccc32)B2OC(C)(C)C(C)(C)O2)c(F)cc1N. The molecule has 1 amide bonds. The maximum atomic E-state index is 14.8. The number of halogens is 1. The Labute approximate surface area is 229 Å². The Kier molecular flexibility index (Phi) is 7.03. The summed E-state index contributed by atoms with van der Waals surface area (Å²) in [5.74, 6) is -0.513. The molecule has 1 fully saturated rings. The third-order valence-corrected chi connectivity index (χ3v) is 8.06. The van der Waals surface area contributed by atoms with Crippen molar-refractivity contribution in [3.63, 3.8) is 0 Å². The molecule has 1 aliphatic carbocycles. The molecule has 0 saturated carbocycles. The van der Waals surface area contributed by atoms with Gasteiger partial charge in [0.1, 0.15) is 12.4 Å². The standard InChI is InChI=1S/C31H34BFN2O4/c1-19-14-20(27(33)16-28(19)34)15-21(32-38-30(2,3)31(4,5)39-32)17-35-29(36)37-18-26-24-12-8-6-10-22(24)23-11-7-9-13-25(23)26/h6-16,26H,17-18,34H2,1-5H3,(H,35,36). The third kappa shape index (κ3) is 5.19. The molecule has 0 aromatic heterocycles. The van der Waals surface area contributed by atoms with Gasteiger partial charge in [0.05, 0.1) is 11.2 Å². The topological polar surface area (TPSA) is 82.8 Å². The smallest absolute Gasteiger partial charge is 0.449 e. The average molecular weight is 528 g/mol. The van der Waals surface area contributed by atoms with E-state index in [1.807, 2.05) is 58.9 Å². The first kappa shape index (κ1) is 27.0. The van der Waals surface area contributed by atoms with Crippen LogP contribution in [0.4, 0.5) is 14.9 Å². The number of rotatable bonds is 6. The van der Waals surface area contributed by atoms with Gasteiger partial charge in [0.15, 0.2) is 0 Å². The molecular weight excluding hydrogens is 494 g/mol. The van der Waals surface area contributed by atoms with Gasteiger partial charge in [-0.3, -0.25) is 0 Å². The molecule has 3 N–H and O–H groups in total. The van der Waals surface area contributed by atoms with E-state index in [0.29, 0.717) is 16.7 Å². The van der Waals surface area contributed by atoms with E-state index in [0.717, 1.165) is 27.8 Å². The lowest BCUT2D eigenvalue weighted by Crippen LogP contribution is -2.41. The van der Waals surface area contributed by atoms with Gasteiger partial charge < -0.3 is 25.1 Å². The minimum Gasteiger partial charge on any atom is -0.449 e. The van der Waals surface area contributed by atoms with Crippen LogP contribution in [-0.2, 0) is 14.0 Å². The van der Waals surface area contributed by atoms with Crippen molar-refractivity contribution in [1.82, 2.24) is 5.32 Å². The van der Waals surface area contributed by atoms with E-state index in [1.54, 1.807) is 12.1 Å². The van der Waals surface area contributed by atoms with E-state index in [4.69, 9.17) is 19.8 Å². The minimum atomic E-state index is -0.777. The summed E-state index contributed by atoms with van der Waals surface area (Å²) in [5, 5.41) is 2.82. The summed E-state index contributed by atoms with van der Waals surface area (Å²) in [4.78, 5) is 12.9. The fourth-order valence-corrected chi connectivity index (χ4v) is 5.05. The number of anilines is 1. The van der Waals surface area contributed by atoms with Gasteiger partial charge in [-0.1, -0.05) is 54.6 Å². The fourth-order valence-electron chi connectivity index (χ4n) is 5.05. The van der Waals surface area contributed by atoms with Crippen molar-refractivity contribution in [2.75, 3.05) is 18.9 Å². The summed E-state index contributed by atoms with van der Waals surface area (Å²) in [7, 11) is -0.777. The van der Waals surface area contributed by atoms with Crippen molar-refractivity contribution in [3.8, 4) is 11.1 Å². The van der Waals surface area contributed by atoms with Crippen molar-refractivity contribution in [2.24, 2.45) is 0 Å². The van der Waals surface area contributed by atoms with Crippen LogP contribution < -0.4 is 11.1 Å². The van der Waals surface area contributed by atoms with Crippen LogP contribution in [0.1, 0.15) is 55.9 Å². The molecule has 0 unspecified atom stereocenters. The van der Waals surface area contributed by atoms with Gasteiger partial charge in [-0.15, -0.1) is 0 Å². The van der Waals surface area contributed by atoms with Crippen LogP contribution in [0.5, 0.6) is 0 Å². The molecule has 2 aliphatic rings. The summed E-state index contributed by atoms with van der Waals surface area (Å²) in [5.41, 5.74) is 11.3. The second-order valence-corrected chi connectivity index (χ2v) is 11.2. The predicted octanol–water partition coefficient (Wildman–Crippen LogP) is 6.27. The highest BCUT2D eigenvalue weighted by molar-refractivity contribution is 6.56. The van der Waals surface area contributed by atoms with Gasteiger partial charge >= 0.3 is 13.2 Å². The predicted molar refractivity (Wildman–Crippen MR) is 153 cm³/mol. The first-order chi connectivity index (χ1) is 18.5. The highest BCUT2D eigenvalue weighted by atomic mass is 19.1. The van der Waals surface area contributed by atoms with Crippen molar-refractivity contribution < 1.29 is 23.2 Å². The number of nitrogens with two attached hydrogens (primary N) is 1. The number of carbonyl (C=O) groups is 1. The number of hydrogen-bond donors (Lipinski definition) is 2. The van der Waals surface area contributed by atoms with Crippen LogP contribution in [0.15, 0.2) is 66.1 Å². The lowest BCUT2D eigenvalue weighted by molar-refractivity contribution is 0.00578. The monoisotopic (exact) mass is 528 g/mol. The Morgan fingerprint density at radius 2 is 1.59 bits per heavy atom. The maximum absolute atomic E-state index is 14.8. The number of fused-ring (bicyclic) bond motifs is 3. The van der Waals surface area contributed by atoms with Crippen LogP contribution in [-0.4, -0.2) is 37.6 Å². The molecule has 3 aromatic carbocycles. The number of aryl methyl sites for hydroxylation is 1. The zero-order valence-electron chi connectivity index (χ0n) is 23.0. The van der Waals surface area contributed by atoms with E-state index < -0.39 is 30.2 Å². The van der Waals surface area contributed by atoms with Crippen molar-refractivity contribution in [2.45, 2.75) is 51.7 Å². The number of nitrogens with one attached hydrogen (secondary N) is 1. The maximum Gasteiger partial charge on any atom is 0.492 e. The van der Waals surface area contributed by atoms with E-state index >= 15 is 0 Å². The van der Waals surface area contributed by atoms with Crippen LogP contribution in [0.2, 0.25) is 0 Å². The van der Waals surface area contributed by atoms with Gasteiger partial charge in [-0.2, -0.15) is 0 Å². The first-order valence-corrected chi connectivity index (χ1v) is 13.2. The Hall–Kier alpha value is -3.62. The molecule has 5 rings (SSSR count). The normalized spacial score (nSPS) is 17.6. The molecule has 0 radical (unpaired) electrons. The Morgan fingerprint density at radius 3 is 2.18 bits per heavy atom. The van der Waals surface area contributed by atoms with E-state index in [1.165, 1.54) is 6.07 Å². The molecule has 0 atom stereocenters. The van der Waals surface area contributed by atoms with Gasteiger partial charge in [0.25, 0.3) is 0 Å². The average Bonchev–Trinajstić information content (AvgIpc) is 3.32. The van der Waals surface area contributed by atoms with Crippen LogP contribution in [0, 0.1) is 12.7 Å². The third-order valence-electron chi connectivity index (χ3n) is 8.06. The summed E-state index contributed by atoms with van der Waals surface area (Å²) >= 11 is 0. The Morgan fingerprint density at radius 1 is 1.03 bits per heavy atom. The fraction of sp³-hybridized carbons (Fsp3) is 0.323. The largest absolute Gasteiger partial charge is 0.492 e. The van der Waals surface area contributed by atoms with Crippen molar-refractivity contribution >= 4 is 25.0 Å². The quantitative estimate of drug-likeness (QED) is 0.291. The van der Waals surface area contributed by atoms with Gasteiger partial charge in [0, 0.05) is 23.7 Å². The van der Waals surface area contributed by atoms with Gasteiger partial charge in [-0.25, -0.2) is 9.18 Å².